The zero-order chi connectivity index (χ0) is 13.1. The summed E-state index contributed by atoms with van der Waals surface area (Å²) in [5.41, 5.74) is 6.83. The molecule has 1 amide bonds. The predicted octanol–water partition coefficient (Wildman–Crippen LogP) is 1.21. The number of amides is 1. The zero-order valence-corrected chi connectivity index (χ0v) is 10.9. The minimum atomic E-state index is -0.500. The van der Waals surface area contributed by atoms with Crippen LogP contribution < -0.4 is 5.73 Å². The molecule has 0 spiro atoms. The Balaban J connectivity index is 2.99. The van der Waals surface area contributed by atoms with Gasteiger partial charge in [0.05, 0.1) is 0 Å². The summed E-state index contributed by atoms with van der Waals surface area (Å²) in [5, 5.41) is 0. The van der Waals surface area contributed by atoms with Gasteiger partial charge in [0.1, 0.15) is 5.60 Å². The minimum absolute atomic E-state index is 0.0107. The van der Waals surface area contributed by atoms with Gasteiger partial charge in [-0.15, -0.1) is 0 Å². The molecule has 0 bridgehead atoms. The van der Waals surface area contributed by atoms with E-state index in [-0.39, 0.29) is 5.91 Å². The fourth-order valence-electron chi connectivity index (χ4n) is 1.54. The Morgan fingerprint density at radius 3 is 2.24 bits per heavy atom. The summed E-state index contributed by atoms with van der Waals surface area (Å²) in [6.45, 7) is 2.32. The van der Waals surface area contributed by atoms with Crippen molar-refractivity contribution in [3.8, 4) is 0 Å². The summed E-state index contributed by atoms with van der Waals surface area (Å²) in [5.74, 6) is -0.0107. The largest absolute Gasteiger partial charge is 0.372 e. The number of nitrogens with zero attached hydrogens (tertiary/aromatic N) is 1. The van der Waals surface area contributed by atoms with E-state index in [0.717, 1.165) is 5.56 Å². The zero-order valence-electron chi connectivity index (χ0n) is 10.9. The first kappa shape index (κ1) is 13.7. The maximum absolute atomic E-state index is 11.7. The van der Waals surface area contributed by atoms with Crippen LogP contribution in [0.15, 0.2) is 24.3 Å². The van der Waals surface area contributed by atoms with Crippen LogP contribution >= 0.6 is 0 Å². The maximum atomic E-state index is 11.7. The topological polar surface area (TPSA) is 55.6 Å². The Hall–Kier alpha value is -1.39. The van der Waals surface area contributed by atoms with Gasteiger partial charge in [0.2, 0.25) is 0 Å². The van der Waals surface area contributed by atoms with Crippen molar-refractivity contribution in [3.05, 3.63) is 35.4 Å². The highest BCUT2D eigenvalue weighted by molar-refractivity contribution is 5.93. The van der Waals surface area contributed by atoms with Gasteiger partial charge in [-0.2, -0.15) is 0 Å². The lowest BCUT2D eigenvalue weighted by Crippen LogP contribution is -2.33. The van der Waals surface area contributed by atoms with Crippen LogP contribution in [-0.4, -0.2) is 38.6 Å². The summed E-state index contributed by atoms with van der Waals surface area (Å²) >= 11 is 0. The molecule has 0 aliphatic rings. The Bertz CT molecular complexity index is 381. The first-order valence-electron chi connectivity index (χ1n) is 5.52. The van der Waals surface area contributed by atoms with Gasteiger partial charge in [-0.1, -0.05) is 12.1 Å². The van der Waals surface area contributed by atoms with Crippen molar-refractivity contribution in [2.45, 2.75) is 12.5 Å². The molecule has 1 atom stereocenters. The number of nitrogens with two attached hydrogens (primary N) is 1. The van der Waals surface area contributed by atoms with E-state index in [1.165, 1.54) is 0 Å². The van der Waals surface area contributed by atoms with Crippen molar-refractivity contribution >= 4 is 5.91 Å². The van der Waals surface area contributed by atoms with Crippen molar-refractivity contribution in [2.75, 3.05) is 27.7 Å². The molecule has 1 aromatic carbocycles. The molecule has 0 aliphatic carbocycles. The third-order valence-corrected chi connectivity index (χ3v) is 2.99. The number of methoxy groups -OCH3 is 1. The molecule has 1 unspecified atom stereocenters. The number of hydrogen-bond donors (Lipinski definition) is 1. The first-order chi connectivity index (χ1) is 7.94. The van der Waals surface area contributed by atoms with Crippen LogP contribution in [0.2, 0.25) is 0 Å². The molecule has 1 aromatic rings. The van der Waals surface area contributed by atoms with Gasteiger partial charge in [-0.05, 0) is 24.6 Å². The second-order valence-corrected chi connectivity index (χ2v) is 4.42. The SMILES string of the molecule is COC(C)(CN)c1ccc(C(=O)N(C)C)cc1. The van der Waals surface area contributed by atoms with E-state index in [4.69, 9.17) is 10.5 Å². The van der Waals surface area contributed by atoms with Crippen molar-refractivity contribution in [1.29, 1.82) is 0 Å². The fourth-order valence-corrected chi connectivity index (χ4v) is 1.54. The summed E-state index contributed by atoms with van der Waals surface area (Å²) in [6, 6.07) is 7.36. The number of carbonyl (C=O) groups is 1. The highest BCUT2D eigenvalue weighted by Crippen LogP contribution is 2.23. The van der Waals surface area contributed by atoms with E-state index in [0.29, 0.717) is 12.1 Å². The molecular formula is C13H20N2O2. The van der Waals surface area contributed by atoms with Crippen molar-refractivity contribution in [2.24, 2.45) is 5.73 Å². The number of carbonyl (C=O) groups excluding carboxylic acids is 1. The van der Waals surface area contributed by atoms with Gasteiger partial charge in [0.15, 0.2) is 0 Å². The van der Waals surface area contributed by atoms with Crippen LogP contribution in [0.4, 0.5) is 0 Å². The number of ether oxygens (including phenoxy) is 1. The van der Waals surface area contributed by atoms with Crippen LogP contribution in [0.1, 0.15) is 22.8 Å². The predicted molar refractivity (Wildman–Crippen MR) is 67.9 cm³/mol. The van der Waals surface area contributed by atoms with E-state index >= 15 is 0 Å². The van der Waals surface area contributed by atoms with Crippen LogP contribution in [0.3, 0.4) is 0 Å². The first-order valence-corrected chi connectivity index (χ1v) is 5.52. The molecule has 0 saturated heterocycles. The van der Waals surface area contributed by atoms with Gasteiger partial charge in [0.25, 0.3) is 5.91 Å². The molecule has 17 heavy (non-hydrogen) atoms. The number of benzene rings is 1. The molecule has 2 N–H and O–H groups in total. The Kier molecular flexibility index (Phi) is 4.26. The van der Waals surface area contributed by atoms with E-state index in [9.17, 15) is 4.79 Å². The van der Waals surface area contributed by atoms with Gasteiger partial charge < -0.3 is 15.4 Å². The molecule has 4 nitrogen and oxygen atoms in total. The summed E-state index contributed by atoms with van der Waals surface area (Å²) < 4.78 is 5.40. The standard InChI is InChI=1S/C13H20N2O2/c1-13(9-14,17-4)11-7-5-10(6-8-11)12(16)15(2)3/h5-8H,9,14H2,1-4H3. The fraction of sp³-hybridized carbons (Fsp3) is 0.462. The molecule has 94 valence electrons. The molecule has 0 radical (unpaired) electrons. The average molecular weight is 236 g/mol. The maximum Gasteiger partial charge on any atom is 0.253 e. The van der Waals surface area contributed by atoms with E-state index in [2.05, 4.69) is 0 Å². The van der Waals surface area contributed by atoms with Crippen molar-refractivity contribution in [1.82, 2.24) is 4.90 Å². The molecular weight excluding hydrogens is 216 g/mol. The molecule has 1 rings (SSSR count). The van der Waals surface area contributed by atoms with Gasteiger partial charge in [-0.25, -0.2) is 0 Å². The normalized spacial score (nSPS) is 14.2. The average Bonchev–Trinajstić information content (AvgIpc) is 2.37. The van der Waals surface area contributed by atoms with Gasteiger partial charge in [-0.3, -0.25) is 4.79 Å². The van der Waals surface area contributed by atoms with Gasteiger partial charge >= 0.3 is 0 Å². The number of hydrogen-bond acceptors (Lipinski definition) is 3. The summed E-state index contributed by atoms with van der Waals surface area (Å²) in [6.07, 6.45) is 0. The van der Waals surface area contributed by atoms with Crippen LogP contribution in [0, 0.1) is 0 Å². The lowest BCUT2D eigenvalue weighted by Gasteiger charge is -2.27. The lowest BCUT2D eigenvalue weighted by molar-refractivity contribution is 0.0101. The second-order valence-electron chi connectivity index (χ2n) is 4.42. The highest BCUT2D eigenvalue weighted by Gasteiger charge is 2.24. The van der Waals surface area contributed by atoms with Crippen LogP contribution in [0.5, 0.6) is 0 Å². The summed E-state index contributed by atoms with van der Waals surface area (Å²) in [4.78, 5) is 13.3. The van der Waals surface area contributed by atoms with E-state index in [1.807, 2.05) is 19.1 Å². The second kappa shape index (κ2) is 5.29. The smallest absolute Gasteiger partial charge is 0.253 e. The summed E-state index contributed by atoms with van der Waals surface area (Å²) in [7, 11) is 5.09. The molecule has 0 saturated carbocycles. The Morgan fingerprint density at radius 1 is 1.35 bits per heavy atom. The molecule has 0 aromatic heterocycles. The molecule has 4 heteroatoms. The minimum Gasteiger partial charge on any atom is -0.372 e. The molecule has 0 fully saturated rings. The third-order valence-electron chi connectivity index (χ3n) is 2.99. The monoisotopic (exact) mass is 236 g/mol. The number of rotatable bonds is 4. The molecule has 0 heterocycles. The van der Waals surface area contributed by atoms with Gasteiger partial charge in [0, 0.05) is 33.3 Å². The van der Waals surface area contributed by atoms with Crippen molar-refractivity contribution in [3.63, 3.8) is 0 Å². The Morgan fingerprint density at radius 2 is 1.88 bits per heavy atom. The van der Waals surface area contributed by atoms with E-state index in [1.54, 1.807) is 38.2 Å². The third kappa shape index (κ3) is 2.84. The quantitative estimate of drug-likeness (QED) is 0.855. The van der Waals surface area contributed by atoms with Crippen LogP contribution in [0.25, 0.3) is 0 Å². The molecule has 0 aliphatic heterocycles. The van der Waals surface area contributed by atoms with Crippen molar-refractivity contribution < 1.29 is 9.53 Å². The lowest BCUT2D eigenvalue weighted by atomic mass is 9.95. The highest BCUT2D eigenvalue weighted by atomic mass is 16.5. The van der Waals surface area contributed by atoms with Crippen LogP contribution in [-0.2, 0) is 10.3 Å². The van der Waals surface area contributed by atoms with E-state index < -0.39 is 5.60 Å². The Labute approximate surface area is 102 Å².